The molecular formula is C20H25Cl2NO. The molecule has 0 saturated heterocycles. The molecule has 4 fully saturated rings. The van der Waals surface area contributed by atoms with E-state index < -0.39 is 0 Å². The predicted molar refractivity (Wildman–Crippen MR) is 98.4 cm³/mol. The van der Waals surface area contributed by atoms with E-state index in [9.17, 15) is 4.79 Å². The first-order valence-electron chi connectivity index (χ1n) is 9.17. The van der Waals surface area contributed by atoms with Crippen LogP contribution < -0.4 is 5.32 Å². The maximum absolute atomic E-state index is 12.5. The standard InChI is InChI=1S/C20H25Cl2NO/c1-12(20-9-14-4-15(10-20)6-16(5-14)11-20)23-19(24)8-13-2-3-17(21)18(22)7-13/h2-3,7,12,14-16H,4-6,8-11H2,1H3,(H,23,24). The molecule has 4 heteroatoms. The van der Waals surface area contributed by atoms with E-state index in [1.54, 1.807) is 12.1 Å². The number of amides is 1. The Morgan fingerprint density at radius 3 is 2.25 bits per heavy atom. The molecule has 1 unspecified atom stereocenters. The number of carbonyl (C=O) groups is 1. The molecule has 1 aromatic rings. The second-order valence-corrected chi connectivity index (χ2v) is 9.31. The van der Waals surface area contributed by atoms with Gasteiger partial charge in [-0.05, 0) is 86.3 Å². The summed E-state index contributed by atoms with van der Waals surface area (Å²) in [5.74, 6) is 2.82. The molecule has 0 aromatic heterocycles. The van der Waals surface area contributed by atoms with Crippen molar-refractivity contribution in [3.63, 3.8) is 0 Å². The monoisotopic (exact) mass is 365 g/mol. The number of carbonyl (C=O) groups excluding carboxylic acids is 1. The van der Waals surface area contributed by atoms with Gasteiger partial charge < -0.3 is 5.32 Å². The molecule has 0 radical (unpaired) electrons. The molecule has 1 amide bonds. The van der Waals surface area contributed by atoms with Crippen LogP contribution in [0.1, 0.15) is 51.0 Å². The second kappa shape index (κ2) is 6.21. The van der Waals surface area contributed by atoms with Gasteiger partial charge in [0.15, 0.2) is 0 Å². The molecule has 4 saturated carbocycles. The van der Waals surface area contributed by atoms with Gasteiger partial charge >= 0.3 is 0 Å². The molecule has 0 heterocycles. The number of halogens is 2. The third-order valence-electron chi connectivity index (χ3n) is 6.73. The van der Waals surface area contributed by atoms with Crippen molar-refractivity contribution in [3.05, 3.63) is 33.8 Å². The molecule has 4 aliphatic carbocycles. The lowest BCUT2D eigenvalue weighted by Gasteiger charge is -2.59. The Bertz CT molecular complexity index is 622. The van der Waals surface area contributed by atoms with Crippen LogP contribution in [0.15, 0.2) is 18.2 Å². The largest absolute Gasteiger partial charge is 0.353 e. The highest BCUT2D eigenvalue weighted by Crippen LogP contribution is 2.61. The van der Waals surface area contributed by atoms with Crippen molar-refractivity contribution < 1.29 is 4.79 Å². The lowest BCUT2D eigenvalue weighted by Crippen LogP contribution is -2.56. The predicted octanol–water partition coefficient (Wildman–Crippen LogP) is 5.26. The first-order valence-corrected chi connectivity index (χ1v) is 9.92. The van der Waals surface area contributed by atoms with Crippen molar-refractivity contribution in [2.24, 2.45) is 23.2 Å². The maximum Gasteiger partial charge on any atom is 0.224 e. The normalized spacial score (nSPS) is 35.0. The van der Waals surface area contributed by atoms with Gasteiger partial charge in [-0.2, -0.15) is 0 Å². The average Bonchev–Trinajstić information content (AvgIpc) is 2.49. The molecule has 4 aliphatic rings. The number of nitrogens with one attached hydrogen (secondary N) is 1. The molecule has 0 aliphatic heterocycles. The molecule has 1 atom stereocenters. The van der Waals surface area contributed by atoms with Gasteiger partial charge in [-0.25, -0.2) is 0 Å². The van der Waals surface area contributed by atoms with E-state index in [1.807, 2.05) is 6.07 Å². The Morgan fingerprint density at radius 1 is 1.12 bits per heavy atom. The highest BCUT2D eigenvalue weighted by Gasteiger charge is 2.53. The van der Waals surface area contributed by atoms with Gasteiger partial charge in [0.2, 0.25) is 5.91 Å². The van der Waals surface area contributed by atoms with Crippen LogP contribution in [-0.2, 0) is 11.2 Å². The van der Waals surface area contributed by atoms with Gasteiger partial charge in [0.25, 0.3) is 0 Å². The fourth-order valence-electron chi connectivity index (χ4n) is 5.99. The first-order chi connectivity index (χ1) is 11.4. The minimum Gasteiger partial charge on any atom is -0.353 e. The first kappa shape index (κ1) is 16.7. The topological polar surface area (TPSA) is 29.1 Å². The molecule has 1 N–H and O–H groups in total. The Morgan fingerprint density at radius 2 is 1.71 bits per heavy atom. The number of rotatable bonds is 4. The smallest absolute Gasteiger partial charge is 0.224 e. The summed E-state index contributed by atoms with van der Waals surface area (Å²) in [6.45, 7) is 2.22. The Hall–Kier alpha value is -0.730. The van der Waals surface area contributed by atoms with Crippen LogP contribution in [0.25, 0.3) is 0 Å². The summed E-state index contributed by atoms with van der Waals surface area (Å²) in [6.07, 6.45) is 8.61. The summed E-state index contributed by atoms with van der Waals surface area (Å²) >= 11 is 12.0. The van der Waals surface area contributed by atoms with Gasteiger partial charge in [0, 0.05) is 6.04 Å². The fourth-order valence-corrected chi connectivity index (χ4v) is 6.31. The number of hydrogen-bond donors (Lipinski definition) is 1. The SMILES string of the molecule is CC(NC(=O)Cc1ccc(Cl)c(Cl)c1)C12CC3CC(CC(C3)C1)C2. The van der Waals surface area contributed by atoms with E-state index in [-0.39, 0.29) is 11.9 Å². The molecule has 0 spiro atoms. The third-order valence-corrected chi connectivity index (χ3v) is 7.47. The van der Waals surface area contributed by atoms with E-state index in [4.69, 9.17) is 23.2 Å². The highest BCUT2D eigenvalue weighted by molar-refractivity contribution is 6.42. The minimum atomic E-state index is 0.0941. The van der Waals surface area contributed by atoms with Crippen molar-refractivity contribution in [1.29, 1.82) is 0 Å². The Labute approximate surface area is 154 Å². The van der Waals surface area contributed by atoms with Crippen LogP contribution in [0.4, 0.5) is 0 Å². The van der Waals surface area contributed by atoms with Crippen LogP contribution in [0.5, 0.6) is 0 Å². The molecule has 24 heavy (non-hydrogen) atoms. The summed E-state index contributed by atoms with van der Waals surface area (Å²) in [5, 5.41) is 4.35. The zero-order valence-electron chi connectivity index (χ0n) is 14.2. The molecule has 4 bridgehead atoms. The highest BCUT2D eigenvalue weighted by atomic mass is 35.5. The van der Waals surface area contributed by atoms with E-state index in [0.717, 1.165) is 23.3 Å². The molecular weight excluding hydrogens is 341 g/mol. The van der Waals surface area contributed by atoms with Crippen LogP contribution >= 0.6 is 23.2 Å². The summed E-state index contributed by atoms with van der Waals surface area (Å²) in [5.41, 5.74) is 1.27. The van der Waals surface area contributed by atoms with Crippen LogP contribution in [0.2, 0.25) is 10.0 Å². The molecule has 1 aromatic carbocycles. The van der Waals surface area contributed by atoms with E-state index in [0.29, 0.717) is 21.9 Å². The minimum absolute atomic E-state index is 0.0941. The van der Waals surface area contributed by atoms with Gasteiger partial charge in [-0.15, -0.1) is 0 Å². The zero-order chi connectivity index (χ0) is 16.9. The van der Waals surface area contributed by atoms with Crippen molar-refractivity contribution in [2.75, 3.05) is 0 Å². The lowest BCUT2D eigenvalue weighted by atomic mass is 9.48. The van der Waals surface area contributed by atoms with Crippen LogP contribution in [0.3, 0.4) is 0 Å². The molecule has 130 valence electrons. The summed E-state index contributed by atoms with van der Waals surface area (Å²) < 4.78 is 0. The Kier molecular flexibility index (Phi) is 4.33. The van der Waals surface area contributed by atoms with Crippen molar-refractivity contribution >= 4 is 29.1 Å². The zero-order valence-corrected chi connectivity index (χ0v) is 15.7. The summed E-state index contributed by atoms with van der Waals surface area (Å²) in [6, 6.07) is 5.69. The van der Waals surface area contributed by atoms with Crippen molar-refractivity contribution in [1.82, 2.24) is 5.32 Å². The van der Waals surface area contributed by atoms with Crippen molar-refractivity contribution in [2.45, 2.75) is 57.9 Å². The fraction of sp³-hybridized carbons (Fsp3) is 0.650. The lowest BCUT2D eigenvalue weighted by molar-refractivity contribution is -0.125. The quantitative estimate of drug-likeness (QED) is 0.774. The third kappa shape index (κ3) is 3.08. The Balaban J connectivity index is 1.41. The van der Waals surface area contributed by atoms with Gasteiger partial charge in [0.05, 0.1) is 16.5 Å². The summed E-state index contributed by atoms with van der Waals surface area (Å²) in [4.78, 5) is 12.5. The van der Waals surface area contributed by atoms with Crippen LogP contribution in [0, 0.1) is 23.2 Å². The van der Waals surface area contributed by atoms with Gasteiger partial charge in [0.1, 0.15) is 0 Å². The van der Waals surface area contributed by atoms with E-state index in [2.05, 4.69) is 12.2 Å². The van der Waals surface area contributed by atoms with Crippen LogP contribution in [-0.4, -0.2) is 11.9 Å². The average molecular weight is 366 g/mol. The second-order valence-electron chi connectivity index (χ2n) is 8.49. The molecule has 5 rings (SSSR count). The van der Waals surface area contributed by atoms with Gasteiger partial charge in [-0.1, -0.05) is 29.3 Å². The summed E-state index contributed by atoms with van der Waals surface area (Å²) in [7, 11) is 0. The van der Waals surface area contributed by atoms with Crippen molar-refractivity contribution in [3.8, 4) is 0 Å². The van der Waals surface area contributed by atoms with E-state index >= 15 is 0 Å². The number of hydrogen-bond acceptors (Lipinski definition) is 1. The molecule has 2 nitrogen and oxygen atoms in total. The van der Waals surface area contributed by atoms with Gasteiger partial charge in [-0.3, -0.25) is 4.79 Å². The maximum atomic E-state index is 12.5. The van der Waals surface area contributed by atoms with E-state index in [1.165, 1.54) is 38.5 Å². The number of benzene rings is 1.